The van der Waals surface area contributed by atoms with Gasteiger partial charge in [-0.05, 0) is 10.4 Å². The van der Waals surface area contributed by atoms with Crippen LogP contribution >= 0.6 is 11.6 Å². The van der Waals surface area contributed by atoms with E-state index in [4.69, 9.17) is 17.3 Å². The Kier molecular flexibility index (Phi) is 1.16. The molecule has 6 nitrogen and oxygen atoms in total. The van der Waals surface area contributed by atoms with Crippen LogP contribution in [0, 0.1) is 0 Å². The van der Waals surface area contributed by atoms with Crippen LogP contribution in [-0.2, 0) is 0 Å². The van der Waals surface area contributed by atoms with Crippen LogP contribution in [0.15, 0.2) is 6.07 Å². The van der Waals surface area contributed by atoms with E-state index in [0.717, 1.165) is 0 Å². The van der Waals surface area contributed by atoms with Crippen molar-refractivity contribution in [3.63, 3.8) is 0 Å². The van der Waals surface area contributed by atoms with Crippen molar-refractivity contribution in [1.82, 2.24) is 25.3 Å². The highest BCUT2D eigenvalue weighted by molar-refractivity contribution is 6.29. The minimum atomic E-state index is 0.266. The number of aromatic nitrogens is 5. The summed E-state index contributed by atoms with van der Waals surface area (Å²) in [5.41, 5.74) is 6.34. The molecular weight excluding hydrogens is 168 g/mol. The number of nitrogen functional groups attached to an aromatic ring is 1. The molecule has 0 saturated carbocycles. The number of tetrazole rings is 1. The van der Waals surface area contributed by atoms with Gasteiger partial charge in [-0.2, -0.15) is 0 Å². The van der Waals surface area contributed by atoms with Crippen LogP contribution in [0.1, 0.15) is 0 Å². The lowest BCUT2D eigenvalue weighted by molar-refractivity contribution is 0.734. The molecule has 2 aromatic heterocycles. The summed E-state index contributed by atoms with van der Waals surface area (Å²) in [6.45, 7) is 0. The first-order chi connectivity index (χ1) is 5.27. The maximum Gasteiger partial charge on any atom is 0.222 e. The Bertz CT molecular complexity index is 394. The lowest BCUT2D eigenvalue weighted by Gasteiger charge is -1.93. The fourth-order valence-electron chi connectivity index (χ4n) is 0.735. The van der Waals surface area contributed by atoms with Crippen LogP contribution in [0.4, 0.5) is 5.69 Å². The molecule has 0 aromatic carbocycles. The number of nitrogens with two attached hydrogens (primary N) is 1. The van der Waals surface area contributed by atoms with E-state index in [1.807, 2.05) is 0 Å². The minimum Gasteiger partial charge on any atom is -0.395 e. The zero-order valence-electron chi connectivity index (χ0n) is 5.27. The summed E-state index contributed by atoms with van der Waals surface area (Å²) < 4.78 is 1.18. The zero-order chi connectivity index (χ0) is 7.84. The predicted octanol–water partition coefficient (Wildman–Crippen LogP) is -0.245. The molecule has 2 heterocycles. The summed E-state index contributed by atoms with van der Waals surface area (Å²) in [6, 6.07) is 1.49. The summed E-state index contributed by atoms with van der Waals surface area (Å²) in [6.07, 6.45) is 0. The molecule has 0 unspecified atom stereocenters. The van der Waals surface area contributed by atoms with Gasteiger partial charge in [0.1, 0.15) is 0 Å². The van der Waals surface area contributed by atoms with Crippen molar-refractivity contribution in [2.45, 2.75) is 0 Å². The Hall–Kier alpha value is -1.43. The highest BCUT2D eigenvalue weighted by Crippen LogP contribution is 2.12. The zero-order valence-corrected chi connectivity index (χ0v) is 6.02. The Balaban J connectivity index is 2.91. The van der Waals surface area contributed by atoms with Gasteiger partial charge in [0.2, 0.25) is 5.65 Å². The highest BCUT2D eigenvalue weighted by Gasteiger charge is 2.03. The molecule has 0 saturated heterocycles. The smallest absolute Gasteiger partial charge is 0.222 e. The molecule has 0 bridgehead atoms. The molecule has 0 aliphatic heterocycles. The molecule has 0 aliphatic carbocycles. The molecule has 11 heavy (non-hydrogen) atoms. The molecule has 2 rings (SSSR count). The summed E-state index contributed by atoms with van der Waals surface area (Å²) in [5.74, 6) is 0. The third-order valence-electron chi connectivity index (χ3n) is 1.18. The minimum absolute atomic E-state index is 0.266. The van der Waals surface area contributed by atoms with Gasteiger partial charge in [0.25, 0.3) is 0 Å². The Morgan fingerprint density at radius 3 is 3.18 bits per heavy atom. The second-order valence-corrected chi connectivity index (χ2v) is 2.30. The molecule has 2 N–H and O–H groups in total. The number of halogens is 1. The van der Waals surface area contributed by atoms with Gasteiger partial charge >= 0.3 is 0 Å². The topological polar surface area (TPSA) is 82.0 Å². The van der Waals surface area contributed by atoms with Gasteiger partial charge in [0, 0.05) is 6.07 Å². The summed E-state index contributed by atoms with van der Waals surface area (Å²) in [7, 11) is 0. The summed E-state index contributed by atoms with van der Waals surface area (Å²) in [4.78, 5) is 0. The van der Waals surface area contributed by atoms with Gasteiger partial charge in [0.15, 0.2) is 5.15 Å². The van der Waals surface area contributed by atoms with Gasteiger partial charge in [-0.1, -0.05) is 11.6 Å². The van der Waals surface area contributed by atoms with Crippen molar-refractivity contribution in [2.75, 3.05) is 5.73 Å². The first-order valence-corrected chi connectivity index (χ1v) is 3.15. The summed E-state index contributed by atoms with van der Waals surface area (Å²) >= 11 is 5.57. The number of nitrogens with zero attached hydrogens (tertiary/aromatic N) is 5. The normalized spacial score (nSPS) is 10.6. The average Bonchev–Trinajstić information content (AvgIpc) is 2.34. The number of anilines is 1. The van der Waals surface area contributed by atoms with E-state index < -0.39 is 0 Å². The van der Waals surface area contributed by atoms with E-state index >= 15 is 0 Å². The van der Waals surface area contributed by atoms with E-state index in [2.05, 4.69) is 20.6 Å². The monoisotopic (exact) mass is 170 g/mol. The maximum atomic E-state index is 5.57. The van der Waals surface area contributed by atoms with Crippen LogP contribution in [0.2, 0.25) is 5.15 Å². The van der Waals surface area contributed by atoms with E-state index in [1.165, 1.54) is 10.7 Å². The van der Waals surface area contributed by atoms with Crippen molar-refractivity contribution < 1.29 is 0 Å². The first-order valence-electron chi connectivity index (χ1n) is 2.78. The average molecular weight is 171 g/mol. The van der Waals surface area contributed by atoms with Crippen molar-refractivity contribution in [3.05, 3.63) is 11.2 Å². The largest absolute Gasteiger partial charge is 0.395 e. The van der Waals surface area contributed by atoms with Crippen LogP contribution in [0.5, 0.6) is 0 Å². The molecule has 0 atom stereocenters. The number of fused-ring (bicyclic) bond motifs is 1. The molecule has 0 amide bonds. The second-order valence-electron chi connectivity index (χ2n) is 1.91. The number of hydrogen-bond acceptors (Lipinski definition) is 5. The maximum absolute atomic E-state index is 5.57. The fraction of sp³-hybridized carbons (Fsp3) is 0. The first kappa shape index (κ1) is 6.29. The molecule has 0 radical (unpaired) electrons. The van der Waals surface area contributed by atoms with Crippen molar-refractivity contribution in [2.24, 2.45) is 0 Å². The Labute approximate surface area is 65.9 Å². The van der Waals surface area contributed by atoms with E-state index in [1.54, 1.807) is 0 Å². The lowest BCUT2D eigenvalue weighted by atomic mass is 10.5. The highest BCUT2D eigenvalue weighted by atomic mass is 35.5. The van der Waals surface area contributed by atoms with Gasteiger partial charge in [-0.25, -0.2) is 0 Å². The molecule has 0 fully saturated rings. The lowest BCUT2D eigenvalue weighted by Crippen LogP contribution is -1.98. The molecule has 7 heteroatoms. The van der Waals surface area contributed by atoms with Gasteiger partial charge < -0.3 is 5.73 Å². The number of rotatable bonds is 0. The number of hydrogen-bond donors (Lipinski definition) is 1. The van der Waals surface area contributed by atoms with Crippen LogP contribution in [0.3, 0.4) is 0 Å². The fourth-order valence-corrected chi connectivity index (χ4v) is 0.925. The predicted molar refractivity (Wildman–Crippen MR) is 38.0 cm³/mol. The van der Waals surface area contributed by atoms with Gasteiger partial charge in [-0.3, -0.25) is 0 Å². The SMILES string of the molecule is Nc1cc(Cl)nn2nnnc12. The van der Waals surface area contributed by atoms with E-state index in [0.29, 0.717) is 11.3 Å². The molecule has 0 spiro atoms. The van der Waals surface area contributed by atoms with Crippen molar-refractivity contribution in [1.29, 1.82) is 0 Å². The van der Waals surface area contributed by atoms with Gasteiger partial charge in [0.05, 0.1) is 5.69 Å². The summed E-state index contributed by atoms with van der Waals surface area (Å²) in [5, 5.41) is 14.5. The van der Waals surface area contributed by atoms with Gasteiger partial charge in [-0.15, -0.1) is 14.8 Å². The molecule has 56 valence electrons. The van der Waals surface area contributed by atoms with E-state index in [-0.39, 0.29) is 5.15 Å². The standard InChI is InChI=1S/C4H3ClN6/c5-3-1-2(6)4-7-9-10-11(4)8-3/h1H,6H2. The Morgan fingerprint density at radius 2 is 2.36 bits per heavy atom. The second kappa shape index (κ2) is 2.03. The van der Waals surface area contributed by atoms with Crippen molar-refractivity contribution >= 4 is 22.9 Å². The molecule has 2 aromatic rings. The van der Waals surface area contributed by atoms with Crippen LogP contribution in [0.25, 0.3) is 5.65 Å². The van der Waals surface area contributed by atoms with E-state index in [9.17, 15) is 0 Å². The van der Waals surface area contributed by atoms with Crippen LogP contribution in [-0.4, -0.2) is 25.3 Å². The molecular formula is C4H3ClN6. The third-order valence-corrected chi connectivity index (χ3v) is 1.36. The van der Waals surface area contributed by atoms with Crippen molar-refractivity contribution in [3.8, 4) is 0 Å². The third kappa shape index (κ3) is 0.874. The Morgan fingerprint density at radius 1 is 1.55 bits per heavy atom. The molecule has 0 aliphatic rings. The van der Waals surface area contributed by atoms with Crippen LogP contribution < -0.4 is 5.73 Å². The quantitative estimate of drug-likeness (QED) is 0.590.